The first-order chi connectivity index (χ1) is 19.3. The molecule has 3 aromatic rings. The zero-order valence-electron chi connectivity index (χ0n) is 22.0. The SMILES string of the molecule is CCN(CC)N(C(C)=O)S(=O)(=O)c1ccc(NC(=O)Cc2ccc(Cl)c(Oc3cc(Cl)cc(C#N)c3)c2F)c(Cl)c1. The van der Waals surface area contributed by atoms with Crippen molar-refractivity contribution >= 4 is 62.3 Å². The average Bonchev–Trinajstić information content (AvgIpc) is 2.91. The molecule has 0 aliphatic rings. The third-order valence-corrected chi connectivity index (χ3v) is 8.32. The van der Waals surface area contributed by atoms with E-state index in [1.54, 1.807) is 13.8 Å². The number of nitrogens with one attached hydrogen (secondary N) is 1. The number of carbonyl (C=O) groups is 2. The first kappa shape index (κ1) is 32.1. The van der Waals surface area contributed by atoms with Crippen LogP contribution in [0.1, 0.15) is 31.9 Å². The van der Waals surface area contributed by atoms with Crippen molar-refractivity contribution in [3.05, 3.63) is 80.5 Å². The summed E-state index contributed by atoms with van der Waals surface area (Å²) in [5.74, 6) is -2.56. The van der Waals surface area contributed by atoms with Crippen LogP contribution in [0, 0.1) is 17.1 Å². The fraction of sp³-hybridized carbons (Fsp3) is 0.222. The Balaban J connectivity index is 1.82. The Morgan fingerprint density at radius 3 is 2.29 bits per heavy atom. The molecule has 0 aromatic heterocycles. The van der Waals surface area contributed by atoms with E-state index >= 15 is 4.39 Å². The number of sulfonamides is 1. The number of nitriles is 1. The second kappa shape index (κ2) is 13.5. The molecule has 0 saturated heterocycles. The number of hydrazine groups is 1. The number of halogens is 4. The molecule has 41 heavy (non-hydrogen) atoms. The lowest BCUT2D eigenvalue weighted by Gasteiger charge is -2.31. The molecule has 216 valence electrons. The minimum absolute atomic E-state index is 0.0592. The molecule has 0 spiro atoms. The standard InChI is InChI=1S/C27H24Cl3FN4O5S/c1-4-34(5-2)35(16(3)36)41(38,39)21-7-9-24(23(30)14-21)33-25(37)12-18-6-8-22(29)27(26(18)31)40-20-11-17(15-32)10-19(28)13-20/h6-11,13-14H,4-5,12H2,1-3H3,(H,33,37). The number of rotatable bonds is 10. The predicted molar refractivity (Wildman–Crippen MR) is 154 cm³/mol. The van der Waals surface area contributed by atoms with Crippen molar-refractivity contribution in [3.63, 3.8) is 0 Å². The molecule has 0 saturated carbocycles. The molecule has 0 radical (unpaired) electrons. The van der Waals surface area contributed by atoms with Gasteiger partial charge in [-0.05, 0) is 42.5 Å². The number of nitrogens with zero attached hydrogens (tertiary/aromatic N) is 3. The zero-order chi connectivity index (χ0) is 30.5. The van der Waals surface area contributed by atoms with E-state index in [1.165, 1.54) is 47.5 Å². The van der Waals surface area contributed by atoms with E-state index in [0.29, 0.717) is 4.41 Å². The first-order valence-corrected chi connectivity index (χ1v) is 14.6. The third kappa shape index (κ3) is 7.47. The quantitative estimate of drug-likeness (QED) is 0.254. The highest BCUT2D eigenvalue weighted by Gasteiger charge is 2.31. The fourth-order valence-corrected chi connectivity index (χ4v) is 6.12. The van der Waals surface area contributed by atoms with E-state index in [0.717, 1.165) is 13.0 Å². The van der Waals surface area contributed by atoms with Crippen molar-refractivity contribution < 1.29 is 27.1 Å². The summed E-state index contributed by atoms with van der Waals surface area (Å²) in [6, 6.07) is 12.3. The van der Waals surface area contributed by atoms with E-state index in [-0.39, 0.29) is 61.4 Å². The molecule has 2 amide bonds. The van der Waals surface area contributed by atoms with Gasteiger partial charge in [0.2, 0.25) is 11.8 Å². The van der Waals surface area contributed by atoms with Gasteiger partial charge in [-0.15, -0.1) is 0 Å². The average molecular weight is 642 g/mol. The van der Waals surface area contributed by atoms with Crippen LogP contribution in [0.15, 0.2) is 53.4 Å². The minimum Gasteiger partial charge on any atom is -0.453 e. The van der Waals surface area contributed by atoms with E-state index in [1.807, 2.05) is 6.07 Å². The van der Waals surface area contributed by atoms with Crippen molar-refractivity contribution in [2.75, 3.05) is 18.4 Å². The van der Waals surface area contributed by atoms with Crippen molar-refractivity contribution in [1.29, 1.82) is 5.26 Å². The summed E-state index contributed by atoms with van der Waals surface area (Å²) in [6.45, 7) is 5.09. The van der Waals surface area contributed by atoms with E-state index < -0.39 is 34.1 Å². The summed E-state index contributed by atoms with van der Waals surface area (Å²) in [4.78, 5) is 24.7. The predicted octanol–water partition coefficient (Wildman–Crippen LogP) is 6.43. The highest BCUT2D eigenvalue weighted by Crippen LogP contribution is 2.36. The molecule has 0 atom stereocenters. The van der Waals surface area contributed by atoms with E-state index in [4.69, 9.17) is 44.8 Å². The molecule has 0 aliphatic heterocycles. The second-order valence-corrected chi connectivity index (χ2v) is 11.5. The van der Waals surface area contributed by atoms with Crippen LogP contribution in [0.2, 0.25) is 15.1 Å². The number of amides is 2. The van der Waals surface area contributed by atoms with Gasteiger partial charge in [0.1, 0.15) is 5.75 Å². The lowest BCUT2D eigenvalue weighted by Crippen LogP contribution is -2.48. The number of ether oxygens (including phenoxy) is 1. The van der Waals surface area contributed by atoms with Gasteiger partial charge < -0.3 is 10.1 Å². The van der Waals surface area contributed by atoms with Gasteiger partial charge in [-0.2, -0.15) is 18.1 Å². The normalized spacial score (nSPS) is 11.2. The van der Waals surface area contributed by atoms with Crippen LogP contribution in [-0.2, 0) is 26.0 Å². The van der Waals surface area contributed by atoms with Crippen LogP contribution < -0.4 is 10.1 Å². The Morgan fingerprint density at radius 2 is 1.71 bits per heavy atom. The molecule has 9 nitrogen and oxygen atoms in total. The van der Waals surface area contributed by atoms with Gasteiger partial charge in [-0.1, -0.05) is 54.7 Å². The summed E-state index contributed by atoms with van der Waals surface area (Å²) in [5.41, 5.74) is 0.204. The molecule has 0 aliphatic carbocycles. The summed E-state index contributed by atoms with van der Waals surface area (Å²) in [7, 11) is -4.28. The number of hydrogen-bond acceptors (Lipinski definition) is 7. The Morgan fingerprint density at radius 1 is 1.02 bits per heavy atom. The molecular formula is C27H24Cl3FN4O5S. The van der Waals surface area contributed by atoms with Crippen LogP contribution in [-0.4, -0.2) is 42.7 Å². The van der Waals surface area contributed by atoms with Gasteiger partial charge in [0, 0.05) is 30.6 Å². The number of anilines is 1. The topological polar surface area (TPSA) is 120 Å². The van der Waals surface area contributed by atoms with Gasteiger partial charge in [-0.3, -0.25) is 9.59 Å². The molecule has 14 heteroatoms. The van der Waals surface area contributed by atoms with Crippen molar-refractivity contribution in [2.24, 2.45) is 0 Å². The molecule has 0 heterocycles. The van der Waals surface area contributed by atoms with Gasteiger partial charge in [0.15, 0.2) is 11.6 Å². The molecule has 0 fully saturated rings. The van der Waals surface area contributed by atoms with Crippen LogP contribution >= 0.6 is 34.8 Å². The Kier molecular flexibility index (Phi) is 10.6. The van der Waals surface area contributed by atoms with Crippen molar-refractivity contribution in [3.8, 4) is 17.6 Å². The van der Waals surface area contributed by atoms with E-state index in [9.17, 15) is 18.0 Å². The lowest BCUT2D eigenvalue weighted by atomic mass is 10.1. The molecule has 1 N–H and O–H groups in total. The molecule has 3 aromatic carbocycles. The van der Waals surface area contributed by atoms with Crippen LogP contribution in [0.3, 0.4) is 0 Å². The number of benzene rings is 3. The van der Waals surface area contributed by atoms with Gasteiger partial charge in [0.05, 0.1) is 38.7 Å². The largest absolute Gasteiger partial charge is 0.453 e. The van der Waals surface area contributed by atoms with Gasteiger partial charge in [0.25, 0.3) is 10.0 Å². The first-order valence-electron chi connectivity index (χ1n) is 12.1. The minimum atomic E-state index is -4.28. The highest BCUT2D eigenvalue weighted by molar-refractivity contribution is 7.89. The maximum atomic E-state index is 15.3. The van der Waals surface area contributed by atoms with Gasteiger partial charge in [-0.25, -0.2) is 9.40 Å². The second-order valence-electron chi connectivity index (χ2n) is 8.51. The van der Waals surface area contributed by atoms with Crippen LogP contribution in [0.5, 0.6) is 11.5 Å². The summed E-state index contributed by atoms with van der Waals surface area (Å²) in [6.07, 6.45) is -0.450. The monoisotopic (exact) mass is 640 g/mol. The number of carbonyl (C=O) groups excluding carboxylic acids is 2. The van der Waals surface area contributed by atoms with Crippen molar-refractivity contribution in [2.45, 2.75) is 32.1 Å². The Bertz CT molecular complexity index is 1640. The number of hydrogen-bond donors (Lipinski definition) is 1. The maximum absolute atomic E-state index is 15.3. The van der Waals surface area contributed by atoms with Crippen molar-refractivity contribution in [1.82, 2.24) is 9.42 Å². The van der Waals surface area contributed by atoms with Gasteiger partial charge >= 0.3 is 0 Å². The molecule has 3 rings (SSSR count). The maximum Gasteiger partial charge on any atom is 0.280 e. The fourth-order valence-electron chi connectivity index (χ4n) is 3.83. The third-order valence-electron chi connectivity index (χ3n) is 5.70. The highest BCUT2D eigenvalue weighted by atomic mass is 35.5. The summed E-state index contributed by atoms with van der Waals surface area (Å²) >= 11 is 18.4. The Labute approximate surface area is 252 Å². The van der Waals surface area contributed by atoms with E-state index in [2.05, 4.69) is 5.32 Å². The summed E-state index contributed by atoms with van der Waals surface area (Å²) < 4.78 is 47.9. The molecule has 0 unspecified atom stereocenters. The smallest absolute Gasteiger partial charge is 0.280 e. The summed E-state index contributed by atoms with van der Waals surface area (Å²) in [5, 5.41) is 13.0. The zero-order valence-corrected chi connectivity index (χ0v) is 25.1. The molecular weight excluding hydrogens is 618 g/mol. The molecule has 0 bridgehead atoms. The van der Waals surface area contributed by atoms with Crippen LogP contribution in [0.25, 0.3) is 0 Å². The van der Waals surface area contributed by atoms with Crippen LogP contribution in [0.4, 0.5) is 10.1 Å². The Hall–Kier alpha value is -3.40. The lowest BCUT2D eigenvalue weighted by molar-refractivity contribution is -0.134.